The summed E-state index contributed by atoms with van der Waals surface area (Å²) in [7, 11) is 2.05. The van der Waals surface area contributed by atoms with Crippen molar-refractivity contribution in [3.63, 3.8) is 0 Å². The molecule has 5 heteroatoms. The van der Waals surface area contributed by atoms with Crippen LogP contribution in [0.4, 0.5) is 5.82 Å². The first-order valence-corrected chi connectivity index (χ1v) is 7.82. The fourth-order valence-electron chi connectivity index (χ4n) is 3.01. The molecule has 0 aliphatic carbocycles. The van der Waals surface area contributed by atoms with Crippen LogP contribution >= 0.6 is 0 Å². The van der Waals surface area contributed by atoms with Gasteiger partial charge in [0.1, 0.15) is 5.82 Å². The number of aryl methyl sites for hydroxylation is 2. The lowest BCUT2D eigenvalue weighted by Crippen LogP contribution is -2.47. The summed E-state index contributed by atoms with van der Waals surface area (Å²) in [5.41, 5.74) is 8.63. The van der Waals surface area contributed by atoms with Crippen LogP contribution in [0.25, 0.3) is 0 Å². The maximum Gasteiger partial charge on any atom is 0.130 e. The van der Waals surface area contributed by atoms with E-state index in [9.17, 15) is 0 Å². The molecular formula is C15H29N5. The molecular weight excluding hydrogens is 250 g/mol. The van der Waals surface area contributed by atoms with Crippen LogP contribution in [-0.2, 0) is 13.5 Å². The molecule has 1 aliphatic rings. The molecule has 0 aromatic carbocycles. The molecule has 20 heavy (non-hydrogen) atoms. The van der Waals surface area contributed by atoms with E-state index in [4.69, 9.17) is 5.73 Å². The van der Waals surface area contributed by atoms with Crippen LogP contribution in [0.1, 0.15) is 31.5 Å². The Labute approximate surface area is 122 Å². The third-order valence-corrected chi connectivity index (χ3v) is 4.42. The van der Waals surface area contributed by atoms with Crippen LogP contribution < -0.4 is 10.6 Å². The zero-order valence-corrected chi connectivity index (χ0v) is 13.4. The Morgan fingerprint density at radius 3 is 2.40 bits per heavy atom. The summed E-state index contributed by atoms with van der Waals surface area (Å²) in [6.45, 7) is 12.1. The fourth-order valence-corrected chi connectivity index (χ4v) is 3.01. The van der Waals surface area contributed by atoms with Gasteiger partial charge in [0.2, 0.25) is 0 Å². The normalized spacial score (nSPS) is 18.6. The molecule has 1 aromatic rings. The van der Waals surface area contributed by atoms with Gasteiger partial charge in [-0.15, -0.1) is 0 Å². The third-order valence-electron chi connectivity index (χ3n) is 4.42. The number of hydrogen-bond acceptors (Lipinski definition) is 4. The predicted octanol–water partition coefficient (Wildman–Crippen LogP) is 1.15. The van der Waals surface area contributed by atoms with Gasteiger partial charge < -0.3 is 15.5 Å². The summed E-state index contributed by atoms with van der Waals surface area (Å²) in [6.07, 6.45) is 1.94. The van der Waals surface area contributed by atoms with E-state index >= 15 is 0 Å². The largest absolute Gasteiger partial charge is 0.354 e. The quantitative estimate of drug-likeness (QED) is 0.878. The Bertz CT molecular complexity index is 432. The van der Waals surface area contributed by atoms with Crippen LogP contribution in [0, 0.1) is 6.92 Å². The first kappa shape index (κ1) is 15.3. The molecule has 1 saturated heterocycles. The van der Waals surface area contributed by atoms with Gasteiger partial charge in [-0.3, -0.25) is 4.68 Å². The van der Waals surface area contributed by atoms with E-state index < -0.39 is 0 Å². The van der Waals surface area contributed by atoms with Crippen molar-refractivity contribution in [3.05, 3.63) is 11.3 Å². The Kier molecular flexibility index (Phi) is 5.05. The average molecular weight is 279 g/mol. The minimum atomic E-state index is 0.230. The van der Waals surface area contributed by atoms with Gasteiger partial charge >= 0.3 is 0 Å². The Hall–Kier alpha value is -1.07. The average Bonchev–Trinajstić information content (AvgIpc) is 2.73. The maximum absolute atomic E-state index is 6.16. The number of nitrogens with zero attached hydrogens (tertiary/aromatic N) is 4. The number of piperazine rings is 1. The highest BCUT2D eigenvalue weighted by molar-refractivity contribution is 5.51. The van der Waals surface area contributed by atoms with Crippen molar-refractivity contribution in [3.8, 4) is 0 Å². The van der Waals surface area contributed by atoms with Crippen molar-refractivity contribution in [2.75, 3.05) is 37.6 Å². The number of nitrogens with two attached hydrogens (primary N) is 1. The molecule has 2 heterocycles. The van der Waals surface area contributed by atoms with Crippen LogP contribution in [0.3, 0.4) is 0 Å². The smallest absolute Gasteiger partial charge is 0.130 e. The summed E-state index contributed by atoms with van der Waals surface area (Å²) in [5.74, 6) is 1.28. The minimum absolute atomic E-state index is 0.230. The van der Waals surface area contributed by atoms with E-state index in [1.54, 1.807) is 0 Å². The van der Waals surface area contributed by atoms with Gasteiger partial charge in [0.25, 0.3) is 0 Å². The summed E-state index contributed by atoms with van der Waals surface area (Å²) in [4.78, 5) is 4.97. The highest BCUT2D eigenvalue weighted by Crippen LogP contribution is 2.25. The van der Waals surface area contributed by atoms with Crippen LogP contribution in [-0.4, -0.2) is 53.4 Å². The molecule has 5 nitrogen and oxygen atoms in total. The number of likely N-dealkylation sites (N-methyl/N-ethyl adjacent to an activating group) is 1. The number of aromatic nitrogens is 2. The zero-order chi connectivity index (χ0) is 14.7. The second-order valence-electron chi connectivity index (χ2n) is 5.80. The summed E-state index contributed by atoms with van der Waals surface area (Å²) >= 11 is 0. The van der Waals surface area contributed by atoms with Gasteiger partial charge in [0.05, 0.1) is 5.69 Å². The van der Waals surface area contributed by atoms with Gasteiger partial charge in [-0.05, 0) is 26.3 Å². The highest BCUT2D eigenvalue weighted by Gasteiger charge is 2.23. The number of anilines is 1. The van der Waals surface area contributed by atoms with E-state index in [-0.39, 0.29) is 6.04 Å². The molecule has 1 unspecified atom stereocenters. The van der Waals surface area contributed by atoms with Gasteiger partial charge in [-0.1, -0.05) is 13.8 Å². The van der Waals surface area contributed by atoms with E-state index in [2.05, 4.69) is 42.7 Å². The Morgan fingerprint density at radius 2 is 1.85 bits per heavy atom. The molecule has 0 bridgehead atoms. The standard InChI is InChI=1S/C15H29N5/c1-5-13(16)11-14-12(3)17-18(4)15(14)20-9-7-19(6-2)8-10-20/h13H,5-11,16H2,1-4H3. The maximum atomic E-state index is 6.16. The number of hydrogen-bond donors (Lipinski definition) is 1. The lowest BCUT2D eigenvalue weighted by molar-refractivity contribution is 0.269. The Morgan fingerprint density at radius 1 is 1.20 bits per heavy atom. The lowest BCUT2D eigenvalue weighted by Gasteiger charge is -2.36. The molecule has 0 spiro atoms. The summed E-state index contributed by atoms with van der Waals surface area (Å²) in [6, 6.07) is 0.230. The molecule has 1 fully saturated rings. The topological polar surface area (TPSA) is 50.3 Å². The Balaban J connectivity index is 2.18. The second kappa shape index (κ2) is 6.59. The molecule has 114 valence electrons. The monoisotopic (exact) mass is 279 g/mol. The van der Waals surface area contributed by atoms with Crippen molar-refractivity contribution in [2.24, 2.45) is 12.8 Å². The van der Waals surface area contributed by atoms with E-state index in [1.807, 2.05) is 4.68 Å². The van der Waals surface area contributed by atoms with E-state index in [1.165, 1.54) is 11.4 Å². The molecule has 0 radical (unpaired) electrons. The molecule has 2 rings (SSSR count). The van der Waals surface area contributed by atoms with Crippen molar-refractivity contribution in [1.82, 2.24) is 14.7 Å². The van der Waals surface area contributed by atoms with Gasteiger partial charge in [0.15, 0.2) is 0 Å². The van der Waals surface area contributed by atoms with Gasteiger partial charge in [-0.25, -0.2) is 0 Å². The molecule has 0 saturated carbocycles. The van der Waals surface area contributed by atoms with Gasteiger partial charge in [0, 0.05) is 44.8 Å². The molecule has 1 atom stereocenters. The predicted molar refractivity (Wildman–Crippen MR) is 84.2 cm³/mol. The highest BCUT2D eigenvalue weighted by atomic mass is 15.4. The van der Waals surface area contributed by atoms with Gasteiger partial charge in [-0.2, -0.15) is 5.10 Å². The van der Waals surface area contributed by atoms with Crippen LogP contribution in [0.5, 0.6) is 0 Å². The third kappa shape index (κ3) is 3.15. The number of rotatable bonds is 5. The molecule has 1 aliphatic heterocycles. The van der Waals surface area contributed by atoms with Crippen molar-refractivity contribution >= 4 is 5.82 Å². The SMILES string of the molecule is CCC(N)Cc1c(C)nn(C)c1N1CCN(CC)CC1. The first-order chi connectivity index (χ1) is 9.56. The van der Waals surface area contributed by atoms with Crippen molar-refractivity contribution < 1.29 is 0 Å². The molecule has 1 aromatic heterocycles. The van der Waals surface area contributed by atoms with Crippen molar-refractivity contribution in [1.29, 1.82) is 0 Å². The van der Waals surface area contributed by atoms with Crippen LogP contribution in [0.2, 0.25) is 0 Å². The van der Waals surface area contributed by atoms with Crippen LogP contribution in [0.15, 0.2) is 0 Å². The fraction of sp³-hybridized carbons (Fsp3) is 0.800. The summed E-state index contributed by atoms with van der Waals surface area (Å²) < 4.78 is 2.04. The van der Waals surface area contributed by atoms with E-state index in [0.717, 1.165) is 51.3 Å². The first-order valence-electron chi connectivity index (χ1n) is 7.82. The summed E-state index contributed by atoms with van der Waals surface area (Å²) in [5, 5.41) is 4.62. The minimum Gasteiger partial charge on any atom is -0.354 e. The zero-order valence-electron chi connectivity index (χ0n) is 13.4. The lowest BCUT2D eigenvalue weighted by atomic mass is 10.0. The van der Waals surface area contributed by atoms with Crippen molar-refractivity contribution in [2.45, 2.75) is 39.7 Å². The second-order valence-corrected chi connectivity index (χ2v) is 5.80. The molecule has 0 amide bonds. The van der Waals surface area contributed by atoms with E-state index in [0.29, 0.717) is 0 Å². The molecule has 2 N–H and O–H groups in total.